The van der Waals surface area contributed by atoms with Crippen molar-refractivity contribution < 1.29 is 9.18 Å². The first-order valence-electron chi connectivity index (χ1n) is 8.95. The fourth-order valence-electron chi connectivity index (χ4n) is 3.24. The van der Waals surface area contributed by atoms with E-state index in [9.17, 15) is 9.18 Å². The number of hydrogen-bond donors (Lipinski definition) is 3. The third-order valence-corrected chi connectivity index (χ3v) is 4.63. The Hall–Kier alpha value is -3.06. The Kier molecular flexibility index (Phi) is 4.93. The van der Waals surface area contributed by atoms with E-state index in [0.29, 0.717) is 35.0 Å². The van der Waals surface area contributed by atoms with Crippen molar-refractivity contribution in [1.29, 1.82) is 0 Å². The molecule has 7 heteroatoms. The summed E-state index contributed by atoms with van der Waals surface area (Å²) in [4.78, 5) is 24.4. The van der Waals surface area contributed by atoms with Gasteiger partial charge >= 0.3 is 0 Å². The average molecular weight is 365 g/mol. The maximum absolute atomic E-state index is 13.7. The van der Waals surface area contributed by atoms with Crippen LogP contribution in [0.25, 0.3) is 22.6 Å². The van der Waals surface area contributed by atoms with Crippen LogP contribution < -0.4 is 10.6 Å². The molecule has 0 aliphatic carbocycles. The number of rotatable bonds is 5. The molecule has 27 heavy (non-hydrogen) atoms. The molecule has 0 bridgehead atoms. The molecule has 1 saturated heterocycles. The van der Waals surface area contributed by atoms with E-state index in [1.807, 2.05) is 18.2 Å². The van der Waals surface area contributed by atoms with Crippen LogP contribution >= 0.6 is 0 Å². The average Bonchev–Trinajstić information content (AvgIpc) is 3.37. The van der Waals surface area contributed by atoms with Gasteiger partial charge in [-0.2, -0.15) is 0 Å². The minimum Gasteiger partial charge on any atom is -0.349 e. The smallest absolute Gasteiger partial charge is 0.224 e. The molecule has 1 aliphatic rings. The number of aromatic amines is 1. The number of hydrogen-bond acceptors (Lipinski definition) is 4. The lowest BCUT2D eigenvalue weighted by Crippen LogP contribution is -2.31. The van der Waals surface area contributed by atoms with Crippen molar-refractivity contribution in [2.24, 2.45) is 5.92 Å². The normalized spacial score (nSPS) is 16.4. The quantitative estimate of drug-likeness (QED) is 0.649. The molecule has 1 fully saturated rings. The molecule has 0 radical (unpaired) electrons. The molecular formula is C20H20FN5O. The van der Waals surface area contributed by atoms with E-state index in [0.717, 1.165) is 13.0 Å². The van der Waals surface area contributed by atoms with E-state index in [2.05, 4.69) is 25.6 Å². The van der Waals surface area contributed by atoms with Crippen LogP contribution in [0.1, 0.15) is 12.2 Å². The number of pyridine rings is 1. The second-order valence-corrected chi connectivity index (χ2v) is 6.54. The van der Waals surface area contributed by atoms with E-state index in [-0.39, 0.29) is 24.2 Å². The van der Waals surface area contributed by atoms with Crippen molar-refractivity contribution in [3.63, 3.8) is 0 Å². The first-order valence-corrected chi connectivity index (χ1v) is 8.95. The van der Waals surface area contributed by atoms with E-state index < -0.39 is 0 Å². The fraction of sp³-hybridized carbons (Fsp3) is 0.250. The van der Waals surface area contributed by atoms with Gasteiger partial charge in [0.2, 0.25) is 5.91 Å². The van der Waals surface area contributed by atoms with Gasteiger partial charge in [0.05, 0.1) is 29.5 Å². The van der Waals surface area contributed by atoms with Crippen molar-refractivity contribution >= 4 is 5.91 Å². The van der Waals surface area contributed by atoms with Gasteiger partial charge in [-0.1, -0.05) is 18.2 Å². The maximum atomic E-state index is 13.7. The Morgan fingerprint density at radius 2 is 2.19 bits per heavy atom. The maximum Gasteiger partial charge on any atom is 0.224 e. The molecule has 0 saturated carbocycles. The predicted molar refractivity (Wildman–Crippen MR) is 100 cm³/mol. The molecule has 1 aromatic carbocycles. The fourth-order valence-corrected chi connectivity index (χ4v) is 3.24. The summed E-state index contributed by atoms with van der Waals surface area (Å²) >= 11 is 0. The zero-order valence-electron chi connectivity index (χ0n) is 14.7. The number of aromatic nitrogens is 3. The van der Waals surface area contributed by atoms with Crippen LogP contribution in [0.2, 0.25) is 0 Å². The van der Waals surface area contributed by atoms with Crippen LogP contribution in [-0.2, 0) is 11.3 Å². The Morgan fingerprint density at radius 1 is 1.26 bits per heavy atom. The molecule has 3 heterocycles. The third kappa shape index (κ3) is 3.88. The number of carbonyl (C=O) groups is 1. The molecule has 1 atom stereocenters. The summed E-state index contributed by atoms with van der Waals surface area (Å²) in [5, 5.41) is 6.11. The number of H-pyrrole nitrogens is 1. The Labute approximate surface area is 156 Å². The molecule has 6 nitrogen and oxygen atoms in total. The highest BCUT2D eigenvalue weighted by Gasteiger charge is 2.22. The van der Waals surface area contributed by atoms with Gasteiger partial charge in [-0.05, 0) is 37.2 Å². The van der Waals surface area contributed by atoms with Gasteiger partial charge in [-0.15, -0.1) is 0 Å². The summed E-state index contributed by atoms with van der Waals surface area (Å²) in [5.41, 5.74) is 2.68. The molecule has 2 aromatic heterocycles. The highest BCUT2D eigenvalue weighted by molar-refractivity contribution is 5.79. The van der Waals surface area contributed by atoms with Crippen molar-refractivity contribution in [2.45, 2.75) is 13.0 Å². The molecule has 4 rings (SSSR count). The van der Waals surface area contributed by atoms with Crippen LogP contribution in [0.5, 0.6) is 0 Å². The minimum atomic E-state index is -0.328. The van der Waals surface area contributed by atoms with E-state index in [1.165, 1.54) is 12.1 Å². The third-order valence-electron chi connectivity index (χ3n) is 4.63. The lowest BCUT2D eigenvalue weighted by atomic mass is 10.1. The zero-order valence-corrected chi connectivity index (χ0v) is 14.7. The topological polar surface area (TPSA) is 82.7 Å². The predicted octanol–water partition coefficient (Wildman–Crippen LogP) is 2.50. The molecule has 0 unspecified atom stereocenters. The monoisotopic (exact) mass is 365 g/mol. The van der Waals surface area contributed by atoms with E-state index in [1.54, 1.807) is 18.3 Å². The van der Waals surface area contributed by atoms with Crippen molar-refractivity contribution in [3.05, 3.63) is 60.3 Å². The Balaban J connectivity index is 1.62. The van der Waals surface area contributed by atoms with Gasteiger partial charge in [-0.25, -0.2) is 9.37 Å². The highest BCUT2D eigenvalue weighted by atomic mass is 19.1. The summed E-state index contributed by atoms with van der Waals surface area (Å²) in [5.74, 6) is 0.293. The summed E-state index contributed by atoms with van der Waals surface area (Å²) in [6, 6.07) is 11.9. The molecule has 138 valence electrons. The number of amides is 1. The second kappa shape index (κ2) is 7.67. The molecule has 1 amide bonds. The van der Waals surface area contributed by atoms with Crippen LogP contribution in [0, 0.1) is 11.7 Å². The van der Waals surface area contributed by atoms with Crippen LogP contribution in [0.4, 0.5) is 4.39 Å². The van der Waals surface area contributed by atoms with Crippen molar-refractivity contribution in [2.75, 3.05) is 13.1 Å². The highest BCUT2D eigenvalue weighted by Crippen LogP contribution is 2.29. The summed E-state index contributed by atoms with van der Waals surface area (Å²) in [6.07, 6.45) is 2.54. The number of benzene rings is 1. The minimum absolute atomic E-state index is 0.00193. The Morgan fingerprint density at radius 3 is 2.93 bits per heavy atom. The van der Waals surface area contributed by atoms with E-state index in [4.69, 9.17) is 0 Å². The number of halogens is 1. The summed E-state index contributed by atoms with van der Waals surface area (Å²) in [6.45, 7) is 1.86. The molecular weight excluding hydrogens is 345 g/mol. The molecule has 3 aromatic rings. The molecule has 1 aliphatic heterocycles. The lowest BCUT2D eigenvalue weighted by Gasteiger charge is -2.08. The first kappa shape index (κ1) is 17.4. The van der Waals surface area contributed by atoms with Crippen LogP contribution in [0.15, 0.2) is 48.7 Å². The molecule has 0 spiro atoms. The van der Waals surface area contributed by atoms with Crippen LogP contribution in [0.3, 0.4) is 0 Å². The van der Waals surface area contributed by atoms with Gasteiger partial charge < -0.3 is 15.6 Å². The first-order chi connectivity index (χ1) is 13.2. The van der Waals surface area contributed by atoms with Gasteiger partial charge in [0.25, 0.3) is 0 Å². The largest absolute Gasteiger partial charge is 0.349 e. The number of imidazole rings is 1. The van der Waals surface area contributed by atoms with Gasteiger partial charge in [0, 0.05) is 18.3 Å². The zero-order chi connectivity index (χ0) is 18.6. The standard InChI is InChI=1S/C20H20FN5O/c21-15-5-3-4-13(10-15)18-19(16-6-1-2-8-23-16)26-17(25-18)12-24-20(27)14-7-9-22-11-14/h1-6,8,10,14,22H,7,9,11-12H2,(H,24,27)(H,25,26)/t14-/m1/s1. The lowest BCUT2D eigenvalue weighted by molar-refractivity contribution is -0.124. The van der Waals surface area contributed by atoms with Gasteiger partial charge in [0.15, 0.2) is 0 Å². The summed E-state index contributed by atoms with van der Waals surface area (Å²) in [7, 11) is 0. The number of nitrogens with one attached hydrogen (secondary N) is 3. The number of carbonyl (C=O) groups excluding carboxylic acids is 1. The summed E-state index contributed by atoms with van der Waals surface area (Å²) < 4.78 is 13.7. The Bertz CT molecular complexity index is 935. The van der Waals surface area contributed by atoms with Crippen LogP contribution in [-0.4, -0.2) is 33.9 Å². The molecule has 3 N–H and O–H groups in total. The van der Waals surface area contributed by atoms with Gasteiger partial charge in [-0.3, -0.25) is 9.78 Å². The van der Waals surface area contributed by atoms with Crippen molar-refractivity contribution in [1.82, 2.24) is 25.6 Å². The van der Waals surface area contributed by atoms with Gasteiger partial charge in [0.1, 0.15) is 11.6 Å². The SMILES string of the molecule is O=C(NCc1nc(-c2cccc(F)c2)c(-c2ccccn2)[nH]1)[C@@H]1CCNC1. The number of nitrogens with zero attached hydrogens (tertiary/aromatic N) is 2. The van der Waals surface area contributed by atoms with E-state index >= 15 is 0 Å². The second-order valence-electron chi connectivity index (χ2n) is 6.54. The van der Waals surface area contributed by atoms with Crippen molar-refractivity contribution in [3.8, 4) is 22.6 Å².